The van der Waals surface area contributed by atoms with Crippen molar-refractivity contribution in [1.29, 1.82) is 0 Å². The highest BCUT2D eigenvalue weighted by Gasteiger charge is 2.45. The Morgan fingerprint density at radius 2 is 1.73 bits per heavy atom. The number of carbonyl (C=O) groups is 1. The van der Waals surface area contributed by atoms with Crippen molar-refractivity contribution in [3.63, 3.8) is 0 Å². The summed E-state index contributed by atoms with van der Waals surface area (Å²) in [5, 5.41) is 0.0164. The number of oxazole rings is 1. The van der Waals surface area contributed by atoms with Crippen molar-refractivity contribution in [2.24, 2.45) is 7.05 Å². The Balaban J connectivity index is 1.64. The van der Waals surface area contributed by atoms with Gasteiger partial charge in [-0.1, -0.05) is 30.7 Å². The molecular weight excluding hydrogens is 518 g/mol. The van der Waals surface area contributed by atoms with E-state index in [4.69, 9.17) is 20.8 Å². The Labute approximate surface area is 213 Å². The number of aryl methyl sites for hydroxylation is 1. The first-order valence-corrected chi connectivity index (χ1v) is 11.3. The van der Waals surface area contributed by atoms with Gasteiger partial charge in [-0.15, -0.1) is 0 Å². The van der Waals surface area contributed by atoms with Crippen molar-refractivity contribution in [2.75, 3.05) is 7.11 Å². The molecule has 0 aliphatic heterocycles. The number of fused-ring (bicyclic) bond motifs is 1. The summed E-state index contributed by atoms with van der Waals surface area (Å²) in [4.78, 5) is 23.3. The maximum absolute atomic E-state index is 14.3. The van der Waals surface area contributed by atoms with Crippen LogP contribution in [0.25, 0.3) is 11.1 Å². The van der Waals surface area contributed by atoms with Gasteiger partial charge in [0.05, 0.1) is 24.1 Å². The average molecular weight is 538 g/mol. The molecule has 6 nitrogen and oxygen atoms in total. The molecular formula is C26H20ClF4NO5. The first-order valence-electron chi connectivity index (χ1n) is 10.9. The number of alkyl halides is 3. The van der Waals surface area contributed by atoms with Crippen LogP contribution in [0.3, 0.4) is 0 Å². The first kappa shape index (κ1) is 26.3. The number of benzene rings is 3. The van der Waals surface area contributed by atoms with Crippen LogP contribution in [0.15, 0.2) is 63.8 Å². The zero-order valence-corrected chi connectivity index (χ0v) is 20.5. The fourth-order valence-corrected chi connectivity index (χ4v) is 4.53. The Morgan fingerprint density at radius 1 is 1.05 bits per heavy atom. The molecule has 0 aliphatic carbocycles. The molecule has 0 saturated carbocycles. The topological polar surface area (TPSA) is 70.7 Å². The Morgan fingerprint density at radius 3 is 2.35 bits per heavy atom. The van der Waals surface area contributed by atoms with Gasteiger partial charge in [-0.25, -0.2) is 14.0 Å². The van der Waals surface area contributed by atoms with E-state index in [9.17, 15) is 27.2 Å². The molecule has 1 aromatic heterocycles. The number of aromatic nitrogens is 1. The van der Waals surface area contributed by atoms with E-state index >= 15 is 0 Å². The summed E-state index contributed by atoms with van der Waals surface area (Å²) in [7, 11) is 2.53. The number of ether oxygens (including phenoxy) is 2. The van der Waals surface area contributed by atoms with Crippen molar-refractivity contribution in [2.45, 2.75) is 24.9 Å². The number of halogens is 5. The molecule has 4 aromatic rings. The van der Waals surface area contributed by atoms with Crippen LogP contribution in [0, 0.1) is 5.82 Å². The zero-order chi connectivity index (χ0) is 27.1. The SMILES string of the molecule is COC(=O)c1ccc(Oc2ccc(C(C)C(c3ccc4oc(=O)n(C)c4c3)C(F)(F)F)c(Cl)c2)cc1F. The second-order valence-electron chi connectivity index (χ2n) is 8.38. The molecule has 0 N–H and O–H groups in total. The van der Waals surface area contributed by atoms with E-state index in [0.29, 0.717) is 0 Å². The molecule has 0 radical (unpaired) electrons. The second kappa shape index (κ2) is 9.93. The van der Waals surface area contributed by atoms with Crippen molar-refractivity contribution in [1.82, 2.24) is 4.57 Å². The highest BCUT2D eigenvalue weighted by atomic mass is 35.5. The molecule has 0 amide bonds. The highest BCUT2D eigenvalue weighted by Crippen LogP contribution is 2.47. The predicted octanol–water partition coefficient (Wildman–Crippen LogP) is 6.95. The number of nitrogens with zero attached hydrogens (tertiary/aromatic N) is 1. The van der Waals surface area contributed by atoms with Crippen molar-refractivity contribution in [3.8, 4) is 11.5 Å². The Bertz CT molecular complexity index is 1540. The smallest absolute Gasteiger partial charge is 0.419 e. The molecule has 1 heterocycles. The third kappa shape index (κ3) is 5.20. The summed E-state index contributed by atoms with van der Waals surface area (Å²) < 4.78 is 73.2. The van der Waals surface area contributed by atoms with Crippen LogP contribution < -0.4 is 10.5 Å². The van der Waals surface area contributed by atoms with Gasteiger partial charge in [0.1, 0.15) is 17.3 Å². The van der Waals surface area contributed by atoms with E-state index in [2.05, 4.69) is 4.74 Å². The van der Waals surface area contributed by atoms with E-state index in [1.54, 1.807) is 0 Å². The maximum Gasteiger partial charge on any atom is 0.419 e. The van der Waals surface area contributed by atoms with E-state index in [-0.39, 0.29) is 44.3 Å². The molecule has 2 atom stereocenters. The molecule has 0 bridgehead atoms. The van der Waals surface area contributed by atoms with Crippen LogP contribution >= 0.6 is 11.6 Å². The molecule has 194 valence electrons. The standard InChI is InChI=1S/C26H20ClF4NO5/c1-13(23(26(29,30)31)14-4-9-22-21(10-14)32(2)25(34)37-22)17-7-5-15(11-19(17)27)36-16-6-8-18(20(28)12-16)24(33)35-3/h4-13,23H,1-3H3. The molecule has 37 heavy (non-hydrogen) atoms. The largest absolute Gasteiger partial charge is 0.465 e. The third-order valence-electron chi connectivity index (χ3n) is 6.07. The molecule has 4 rings (SSSR count). The minimum absolute atomic E-state index is 0.0164. The van der Waals surface area contributed by atoms with E-state index in [1.165, 1.54) is 62.5 Å². The van der Waals surface area contributed by atoms with Crippen molar-refractivity contribution >= 4 is 28.7 Å². The summed E-state index contributed by atoms with van der Waals surface area (Å²) in [5.74, 6) is -5.23. The van der Waals surface area contributed by atoms with Gasteiger partial charge in [0, 0.05) is 18.1 Å². The van der Waals surface area contributed by atoms with E-state index in [0.717, 1.165) is 17.7 Å². The van der Waals surface area contributed by atoms with Gasteiger partial charge in [0.25, 0.3) is 0 Å². The molecule has 11 heteroatoms. The van der Waals surface area contributed by atoms with E-state index in [1.807, 2.05) is 0 Å². The lowest BCUT2D eigenvalue weighted by Crippen LogP contribution is -2.26. The summed E-state index contributed by atoms with van der Waals surface area (Å²) >= 11 is 6.37. The monoisotopic (exact) mass is 537 g/mol. The number of rotatable bonds is 6. The predicted molar refractivity (Wildman–Crippen MR) is 128 cm³/mol. The number of carbonyl (C=O) groups excluding carboxylic acids is 1. The minimum atomic E-state index is -4.63. The van der Waals surface area contributed by atoms with Gasteiger partial charge >= 0.3 is 17.9 Å². The second-order valence-corrected chi connectivity index (χ2v) is 8.79. The van der Waals surface area contributed by atoms with Gasteiger partial charge in [-0.2, -0.15) is 13.2 Å². The van der Waals surface area contributed by atoms with Crippen molar-refractivity contribution in [3.05, 3.63) is 92.7 Å². The number of methoxy groups -OCH3 is 1. The van der Waals surface area contributed by atoms with Gasteiger partial charge in [-0.05, 0) is 53.4 Å². The Hall–Kier alpha value is -3.79. The summed E-state index contributed by atoms with van der Waals surface area (Å²) in [6.07, 6.45) is -4.63. The lowest BCUT2D eigenvalue weighted by atomic mass is 9.82. The lowest BCUT2D eigenvalue weighted by Gasteiger charge is -2.28. The normalized spacial score (nSPS) is 13.4. The average Bonchev–Trinajstić information content (AvgIpc) is 3.11. The van der Waals surface area contributed by atoms with Gasteiger partial charge in [0.2, 0.25) is 0 Å². The summed E-state index contributed by atoms with van der Waals surface area (Å²) in [6, 6.07) is 11.6. The number of esters is 1. The first-order chi connectivity index (χ1) is 17.4. The lowest BCUT2D eigenvalue weighted by molar-refractivity contribution is -0.154. The van der Waals surface area contributed by atoms with Crippen LogP contribution in [-0.4, -0.2) is 23.8 Å². The summed E-state index contributed by atoms with van der Waals surface area (Å²) in [5.41, 5.74) is 0.305. The third-order valence-corrected chi connectivity index (χ3v) is 6.40. The summed E-state index contributed by atoms with van der Waals surface area (Å²) in [6.45, 7) is 1.40. The molecule has 2 unspecified atom stereocenters. The van der Waals surface area contributed by atoms with Gasteiger partial charge in [0.15, 0.2) is 5.58 Å². The molecule has 0 fully saturated rings. The molecule has 0 saturated heterocycles. The fourth-order valence-electron chi connectivity index (χ4n) is 4.19. The molecule has 0 aliphatic rings. The van der Waals surface area contributed by atoms with Gasteiger partial charge in [-0.3, -0.25) is 4.57 Å². The minimum Gasteiger partial charge on any atom is -0.465 e. The van der Waals surface area contributed by atoms with Crippen LogP contribution in [0.4, 0.5) is 17.6 Å². The van der Waals surface area contributed by atoms with Crippen molar-refractivity contribution < 1.29 is 36.2 Å². The quantitative estimate of drug-likeness (QED) is 0.196. The maximum atomic E-state index is 14.3. The van der Waals surface area contributed by atoms with Crippen LogP contribution in [0.2, 0.25) is 5.02 Å². The van der Waals surface area contributed by atoms with E-state index < -0.39 is 35.6 Å². The molecule has 3 aromatic carbocycles. The van der Waals surface area contributed by atoms with Crippen LogP contribution in [0.5, 0.6) is 11.5 Å². The number of hydrogen-bond acceptors (Lipinski definition) is 5. The fraction of sp³-hybridized carbons (Fsp3) is 0.231. The molecule has 0 spiro atoms. The van der Waals surface area contributed by atoms with Crippen LogP contribution in [0.1, 0.15) is 40.2 Å². The van der Waals surface area contributed by atoms with Gasteiger partial charge < -0.3 is 13.9 Å². The highest BCUT2D eigenvalue weighted by molar-refractivity contribution is 6.31. The zero-order valence-electron chi connectivity index (χ0n) is 19.7. The Kier molecular flexibility index (Phi) is 7.05. The number of hydrogen-bond donors (Lipinski definition) is 0. The van der Waals surface area contributed by atoms with Crippen LogP contribution in [-0.2, 0) is 11.8 Å².